The first kappa shape index (κ1) is 39.4. The van der Waals surface area contributed by atoms with Crippen molar-refractivity contribution in [2.24, 2.45) is 4.99 Å². The molecule has 0 aliphatic heterocycles. The maximum atomic E-state index is 14.1. The van der Waals surface area contributed by atoms with E-state index in [1.165, 1.54) is 64.2 Å². The van der Waals surface area contributed by atoms with Crippen LogP contribution in [0.25, 0.3) is 49.2 Å². The number of methoxy groups -OCH3 is 1. The average molecular weight is 736 g/mol. The van der Waals surface area contributed by atoms with E-state index in [4.69, 9.17) is 9.73 Å². The zero-order chi connectivity index (χ0) is 38.7. The van der Waals surface area contributed by atoms with E-state index in [9.17, 15) is 30.0 Å². The summed E-state index contributed by atoms with van der Waals surface area (Å²) in [5.74, 6) is -0.661. The fraction of sp³-hybridized carbons (Fsp3) is 0.500. The number of aromatic hydroxyl groups is 2. The van der Waals surface area contributed by atoms with Crippen LogP contribution in [0.3, 0.4) is 0 Å². The van der Waals surface area contributed by atoms with Crippen molar-refractivity contribution in [3.05, 3.63) is 66.0 Å². The van der Waals surface area contributed by atoms with Crippen LogP contribution in [-0.2, 0) is 19.6 Å². The van der Waals surface area contributed by atoms with Gasteiger partial charge in [-0.2, -0.15) is 0 Å². The summed E-state index contributed by atoms with van der Waals surface area (Å²) in [7, 11) is 1.48. The first-order chi connectivity index (χ1) is 26.2. The third-order valence-corrected chi connectivity index (χ3v) is 11.8. The number of aliphatic hydroxyl groups is 2. The largest absolute Gasteiger partial charge is 0.507 e. The second-order valence-corrected chi connectivity index (χ2v) is 15.4. The van der Waals surface area contributed by atoms with Gasteiger partial charge in [0.15, 0.2) is 22.4 Å². The Balaban J connectivity index is 1.73. The lowest BCUT2D eigenvalue weighted by atomic mass is 9.78. The molecule has 0 amide bonds. The summed E-state index contributed by atoms with van der Waals surface area (Å²) in [5.41, 5.74) is 3.57. The van der Waals surface area contributed by atoms with Gasteiger partial charge in [0.25, 0.3) is 0 Å². The van der Waals surface area contributed by atoms with Gasteiger partial charge < -0.3 is 25.2 Å². The van der Waals surface area contributed by atoms with Crippen molar-refractivity contribution in [2.75, 3.05) is 13.7 Å². The molecule has 4 N–H and O–H groups in total. The highest BCUT2D eigenvalue weighted by atomic mass is 16.5. The highest BCUT2D eigenvalue weighted by Gasteiger charge is 2.36. The average Bonchev–Trinajstić information content (AvgIpc) is 3.29. The molecule has 0 aromatic heterocycles. The van der Waals surface area contributed by atoms with Crippen LogP contribution in [0, 0.1) is 0 Å². The van der Waals surface area contributed by atoms with E-state index < -0.39 is 30.0 Å². The van der Waals surface area contributed by atoms with Gasteiger partial charge in [0.2, 0.25) is 0 Å². The standard InChI is InChI=1S/C46H57NO7/c1-6-8-10-12-14-15-17-19-30-31-21-26(3)34(27(4)47-20-18-16-13-11-9-7-2)43-42-37(31)40-35(28(24-48)22-32(50)38(40)44(30)52)36-29(25-49)23-33(51)39(41(36)42)45(53)46(43)54-5/h21-23,34,48-49,52-53H,6-20,24-25H2,1-5H3. The molecule has 5 aromatic rings. The molecule has 0 bridgehead atoms. The third-order valence-electron chi connectivity index (χ3n) is 11.8. The summed E-state index contributed by atoms with van der Waals surface area (Å²) in [6.07, 6.45) is 17.1. The van der Waals surface area contributed by atoms with Crippen LogP contribution in [0.4, 0.5) is 0 Å². The zero-order valence-corrected chi connectivity index (χ0v) is 32.8. The lowest BCUT2D eigenvalue weighted by Crippen LogP contribution is -2.15. The number of benzene rings is 5. The molecule has 0 saturated heterocycles. The summed E-state index contributed by atoms with van der Waals surface area (Å²) in [6.45, 7) is 8.11. The number of rotatable bonds is 19. The fourth-order valence-corrected chi connectivity index (χ4v) is 9.26. The maximum Gasteiger partial charge on any atom is 0.190 e. The van der Waals surface area contributed by atoms with E-state index in [-0.39, 0.29) is 28.0 Å². The molecule has 6 rings (SSSR count). The Hall–Kier alpha value is -4.27. The van der Waals surface area contributed by atoms with E-state index in [0.717, 1.165) is 55.4 Å². The van der Waals surface area contributed by atoms with Gasteiger partial charge in [-0.1, -0.05) is 96.1 Å². The highest BCUT2D eigenvalue weighted by Crippen LogP contribution is 2.56. The molecule has 0 radical (unpaired) electrons. The molecular formula is C46H57NO7. The molecular weight excluding hydrogens is 679 g/mol. The number of hydrogen-bond donors (Lipinski definition) is 4. The van der Waals surface area contributed by atoms with Crippen LogP contribution in [0.5, 0.6) is 17.2 Å². The van der Waals surface area contributed by atoms with Crippen LogP contribution < -0.4 is 15.6 Å². The van der Waals surface area contributed by atoms with Crippen LogP contribution in [0.15, 0.2) is 32.3 Å². The number of allylic oxidation sites excluding steroid dienone is 1. The SMILES string of the molecule is CCCCCCCCCc1c(O)c2c(=O)cc(CO)c3c4c(CO)cc(=O)c5c(O)c(OC)c6c(c(c1C=C(C)C6C(C)=NCCCCCCCC)c23)c54. The molecule has 0 fully saturated rings. The second kappa shape index (κ2) is 17.0. The van der Waals surface area contributed by atoms with Gasteiger partial charge in [-0.15, -0.1) is 0 Å². The summed E-state index contributed by atoms with van der Waals surface area (Å²) in [6, 6.07) is 2.67. The summed E-state index contributed by atoms with van der Waals surface area (Å²) in [5, 5.41) is 49.2. The quantitative estimate of drug-likeness (QED) is 0.0287. The van der Waals surface area contributed by atoms with E-state index in [2.05, 4.69) is 19.9 Å². The Labute approximate surface area is 317 Å². The minimum Gasteiger partial charge on any atom is -0.507 e. The molecule has 1 unspecified atom stereocenters. The number of unbranched alkanes of at least 4 members (excludes halogenated alkanes) is 11. The Bertz CT molecular complexity index is 2340. The van der Waals surface area contributed by atoms with Crippen molar-refractivity contribution < 1.29 is 25.2 Å². The zero-order valence-electron chi connectivity index (χ0n) is 32.8. The van der Waals surface area contributed by atoms with Crippen molar-refractivity contribution in [3.63, 3.8) is 0 Å². The van der Waals surface area contributed by atoms with Crippen molar-refractivity contribution in [3.8, 4) is 17.2 Å². The van der Waals surface area contributed by atoms with Gasteiger partial charge in [-0.05, 0) is 83.5 Å². The monoisotopic (exact) mass is 735 g/mol. The third kappa shape index (κ3) is 6.81. The maximum absolute atomic E-state index is 14.1. The van der Waals surface area contributed by atoms with E-state index in [1.54, 1.807) is 0 Å². The molecule has 0 heterocycles. The van der Waals surface area contributed by atoms with E-state index >= 15 is 0 Å². The van der Waals surface area contributed by atoms with Gasteiger partial charge in [0, 0.05) is 40.1 Å². The number of hydrogen-bond acceptors (Lipinski definition) is 8. The smallest absolute Gasteiger partial charge is 0.190 e. The normalized spacial score (nSPS) is 14.7. The number of nitrogens with zero attached hydrogens (tertiary/aromatic N) is 1. The number of fused-ring (bicyclic) bond motifs is 1. The van der Waals surface area contributed by atoms with E-state index in [0.29, 0.717) is 67.5 Å². The Kier molecular flexibility index (Phi) is 12.4. The summed E-state index contributed by atoms with van der Waals surface area (Å²) in [4.78, 5) is 33.2. The molecule has 1 atom stereocenters. The van der Waals surface area contributed by atoms with Gasteiger partial charge in [0.05, 0.1) is 31.1 Å². The number of ether oxygens (including phenoxy) is 1. The highest BCUT2D eigenvalue weighted by molar-refractivity contribution is 6.38. The Morgan fingerprint density at radius 2 is 1.20 bits per heavy atom. The summed E-state index contributed by atoms with van der Waals surface area (Å²) >= 11 is 0. The Morgan fingerprint density at radius 3 is 1.76 bits per heavy atom. The minimum atomic E-state index is -0.489. The minimum absolute atomic E-state index is 0.0549. The second-order valence-electron chi connectivity index (χ2n) is 15.4. The number of aliphatic imine (C=N–C) groups is 1. The van der Waals surface area contributed by atoms with Gasteiger partial charge in [-0.3, -0.25) is 14.6 Å². The number of phenolic OH excluding ortho intramolecular Hbond substituents is 2. The molecule has 5 aromatic carbocycles. The molecule has 288 valence electrons. The van der Waals surface area contributed by atoms with Crippen molar-refractivity contribution in [1.29, 1.82) is 0 Å². The molecule has 0 saturated carbocycles. The van der Waals surface area contributed by atoms with Crippen LogP contribution >= 0.6 is 0 Å². The molecule has 8 heteroatoms. The lowest BCUT2D eigenvalue weighted by Gasteiger charge is -2.26. The van der Waals surface area contributed by atoms with Gasteiger partial charge >= 0.3 is 0 Å². The molecule has 54 heavy (non-hydrogen) atoms. The van der Waals surface area contributed by atoms with Crippen LogP contribution in [-0.4, -0.2) is 39.8 Å². The topological polar surface area (TPSA) is 137 Å². The van der Waals surface area contributed by atoms with Crippen molar-refractivity contribution in [2.45, 2.75) is 137 Å². The number of aliphatic hydroxyl groups excluding tert-OH is 2. The van der Waals surface area contributed by atoms with Gasteiger partial charge in [0.1, 0.15) is 5.75 Å². The van der Waals surface area contributed by atoms with Crippen LogP contribution in [0.1, 0.15) is 145 Å². The van der Waals surface area contributed by atoms with Crippen molar-refractivity contribution in [1.82, 2.24) is 0 Å². The van der Waals surface area contributed by atoms with Crippen LogP contribution in [0.2, 0.25) is 0 Å². The Morgan fingerprint density at radius 1 is 0.685 bits per heavy atom. The molecule has 0 spiro atoms. The predicted molar refractivity (Wildman–Crippen MR) is 223 cm³/mol. The van der Waals surface area contributed by atoms with Crippen molar-refractivity contribution >= 4 is 54.9 Å². The predicted octanol–water partition coefficient (Wildman–Crippen LogP) is 9.91. The number of phenols is 2. The summed E-state index contributed by atoms with van der Waals surface area (Å²) < 4.78 is 6.04. The fourth-order valence-electron chi connectivity index (χ4n) is 9.26. The molecule has 1 aliphatic carbocycles. The van der Waals surface area contributed by atoms with Gasteiger partial charge in [-0.25, -0.2) is 0 Å². The molecule has 8 nitrogen and oxygen atoms in total. The molecule has 1 aliphatic rings. The van der Waals surface area contributed by atoms with E-state index in [1.807, 2.05) is 13.8 Å². The lowest BCUT2D eigenvalue weighted by molar-refractivity contribution is 0.282. The first-order valence-corrected chi connectivity index (χ1v) is 20.2. The first-order valence-electron chi connectivity index (χ1n) is 20.2.